The Morgan fingerprint density at radius 1 is 0.348 bits per heavy atom. The van der Waals surface area contributed by atoms with E-state index in [4.69, 9.17) is 0 Å². The summed E-state index contributed by atoms with van der Waals surface area (Å²) in [5.74, 6) is 0.573. The Balaban J connectivity index is 1.39. The lowest BCUT2D eigenvalue weighted by Gasteiger charge is -2.35. The van der Waals surface area contributed by atoms with E-state index in [1.807, 2.05) is 0 Å². The van der Waals surface area contributed by atoms with Crippen molar-refractivity contribution in [1.29, 1.82) is 0 Å². The molecule has 0 radical (unpaired) electrons. The Morgan fingerprint density at radius 2 is 0.758 bits per heavy atom. The zero-order chi connectivity index (χ0) is 45.9. The summed E-state index contributed by atoms with van der Waals surface area (Å²) in [5, 5.41) is 7.58. The quantitative estimate of drug-likeness (QED) is 0.126. The first-order valence-electron chi connectivity index (χ1n) is 23.7. The van der Waals surface area contributed by atoms with Crippen LogP contribution in [-0.2, 0) is 5.41 Å². The molecule has 0 aromatic heterocycles. The lowest BCUT2D eigenvalue weighted by atomic mass is 9.83. The zero-order valence-corrected chi connectivity index (χ0v) is 39.9. The molecule has 0 aliphatic rings. The Morgan fingerprint density at radius 3 is 1.17 bits per heavy atom. The summed E-state index contributed by atoms with van der Waals surface area (Å²) in [6.45, 7) is 20.8. The van der Waals surface area contributed by atoms with Gasteiger partial charge in [-0.05, 0) is 128 Å². The lowest BCUT2D eigenvalue weighted by molar-refractivity contribution is 0.591. The lowest BCUT2D eigenvalue weighted by Crippen LogP contribution is -2.18. The van der Waals surface area contributed by atoms with Crippen molar-refractivity contribution in [2.45, 2.75) is 79.6 Å². The van der Waals surface area contributed by atoms with Gasteiger partial charge < -0.3 is 9.80 Å². The molecule has 0 atom stereocenters. The maximum atomic E-state index is 2.59. The molecule has 2 heteroatoms. The van der Waals surface area contributed by atoms with Crippen LogP contribution in [0.25, 0.3) is 54.6 Å². The van der Waals surface area contributed by atoms with Crippen molar-refractivity contribution < 1.29 is 0 Å². The molecule has 10 aromatic carbocycles. The summed E-state index contributed by atoms with van der Waals surface area (Å²) in [6, 6.07) is 70.6. The van der Waals surface area contributed by atoms with Crippen LogP contribution in [0.5, 0.6) is 0 Å². The summed E-state index contributed by atoms with van der Waals surface area (Å²) in [5.41, 5.74) is 18.2. The summed E-state index contributed by atoms with van der Waals surface area (Å²) >= 11 is 0. The van der Waals surface area contributed by atoms with E-state index in [1.165, 1.54) is 93.8 Å². The minimum absolute atomic E-state index is 0.00191. The monoisotopic (exact) mass is 856 g/mol. The molecule has 0 fully saturated rings. The minimum Gasteiger partial charge on any atom is -0.309 e. The predicted molar refractivity (Wildman–Crippen MR) is 287 cm³/mol. The number of hydrogen-bond acceptors (Lipinski definition) is 2. The van der Waals surface area contributed by atoms with Crippen LogP contribution >= 0.6 is 0 Å². The Hall–Kier alpha value is -7.16. The highest BCUT2D eigenvalue weighted by molar-refractivity contribution is 6.29. The number of anilines is 6. The number of para-hydroxylation sites is 2. The molecule has 0 bridgehead atoms. The standard InChI is InChI=1S/C64H60N2/c1-41(2)52-24-16-18-26-56(52)65(58-38-47(30-28-43(58)5)45-20-12-10-13-21-45)60-40-61(55-35-33-50-37-51(64(7,8)9)36-49-32-34-54(60)63(55)62(49)50)66(57-27-19-17-25-53(57)42(3)4)59-39-48(31-29-44(59)6)46-22-14-11-15-23-46/h10-42H,1-9H3. The van der Waals surface area contributed by atoms with Crippen LogP contribution in [0.4, 0.5) is 34.1 Å². The molecule has 0 aliphatic carbocycles. The third-order valence-electron chi connectivity index (χ3n) is 13.7. The average Bonchev–Trinajstić information content (AvgIpc) is 3.33. The normalized spacial score (nSPS) is 12.0. The third-order valence-corrected chi connectivity index (χ3v) is 13.7. The van der Waals surface area contributed by atoms with Gasteiger partial charge in [0.2, 0.25) is 0 Å². The summed E-state index contributed by atoms with van der Waals surface area (Å²) in [6.07, 6.45) is 0. The van der Waals surface area contributed by atoms with Gasteiger partial charge in [0, 0.05) is 38.9 Å². The first kappa shape index (κ1) is 42.8. The smallest absolute Gasteiger partial charge is 0.0561 e. The number of benzene rings is 10. The molecular formula is C64H60N2. The maximum Gasteiger partial charge on any atom is 0.0561 e. The van der Waals surface area contributed by atoms with Crippen molar-refractivity contribution in [2.24, 2.45) is 0 Å². The van der Waals surface area contributed by atoms with E-state index in [2.05, 4.69) is 260 Å². The van der Waals surface area contributed by atoms with Crippen molar-refractivity contribution in [3.05, 3.63) is 216 Å². The molecule has 0 aliphatic heterocycles. The molecule has 10 rings (SSSR count). The summed E-state index contributed by atoms with van der Waals surface area (Å²) in [7, 11) is 0. The van der Waals surface area contributed by atoms with Gasteiger partial charge in [-0.25, -0.2) is 0 Å². The summed E-state index contributed by atoms with van der Waals surface area (Å²) < 4.78 is 0. The molecule has 0 N–H and O–H groups in total. The van der Waals surface area contributed by atoms with Crippen molar-refractivity contribution in [2.75, 3.05) is 9.80 Å². The molecule has 326 valence electrons. The van der Waals surface area contributed by atoms with Crippen LogP contribution in [0.3, 0.4) is 0 Å². The maximum absolute atomic E-state index is 2.59. The molecular weight excluding hydrogens is 797 g/mol. The van der Waals surface area contributed by atoms with E-state index >= 15 is 0 Å². The van der Waals surface area contributed by atoms with Crippen LogP contribution < -0.4 is 9.80 Å². The molecule has 0 heterocycles. The number of hydrogen-bond donors (Lipinski definition) is 0. The van der Waals surface area contributed by atoms with Crippen molar-refractivity contribution in [3.63, 3.8) is 0 Å². The fourth-order valence-corrected chi connectivity index (χ4v) is 10.1. The second-order valence-electron chi connectivity index (χ2n) is 19.9. The second kappa shape index (κ2) is 17.0. The first-order chi connectivity index (χ1) is 31.9. The molecule has 66 heavy (non-hydrogen) atoms. The third kappa shape index (κ3) is 7.59. The van der Waals surface area contributed by atoms with E-state index in [1.54, 1.807) is 0 Å². The molecule has 10 aromatic rings. The van der Waals surface area contributed by atoms with E-state index in [0.29, 0.717) is 0 Å². The van der Waals surface area contributed by atoms with Crippen LogP contribution in [0.2, 0.25) is 0 Å². The Bertz CT molecular complexity index is 3160. The average molecular weight is 857 g/mol. The topological polar surface area (TPSA) is 6.48 Å². The van der Waals surface area contributed by atoms with Crippen molar-refractivity contribution in [3.8, 4) is 22.3 Å². The van der Waals surface area contributed by atoms with Crippen molar-refractivity contribution in [1.82, 2.24) is 0 Å². The highest BCUT2D eigenvalue weighted by Gasteiger charge is 2.29. The van der Waals surface area contributed by atoms with Crippen LogP contribution in [-0.4, -0.2) is 0 Å². The molecule has 2 nitrogen and oxygen atoms in total. The van der Waals surface area contributed by atoms with Gasteiger partial charge in [0.15, 0.2) is 0 Å². The fourth-order valence-electron chi connectivity index (χ4n) is 10.1. The molecule has 0 unspecified atom stereocenters. The molecule has 0 saturated heterocycles. The number of nitrogens with zero attached hydrogens (tertiary/aromatic N) is 2. The van der Waals surface area contributed by atoms with Gasteiger partial charge in [-0.15, -0.1) is 0 Å². The predicted octanol–water partition coefficient (Wildman–Crippen LogP) is 19.0. The van der Waals surface area contributed by atoms with Gasteiger partial charge in [0.1, 0.15) is 0 Å². The second-order valence-corrected chi connectivity index (χ2v) is 19.9. The summed E-state index contributed by atoms with van der Waals surface area (Å²) in [4.78, 5) is 5.18. The largest absolute Gasteiger partial charge is 0.309 e. The Labute approximate surface area is 392 Å². The Kier molecular flexibility index (Phi) is 11.0. The molecule has 0 spiro atoms. The highest BCUT2D eigenvalue weighted by atomic mass is 15.2. The van der Waals surface area contributed by atoms with Crippen molar-refractivity contribution >= 4 is 66.4 Å². The van der Waals surface area contributed by atoms with Gasteiger partial charge in [0.05, 0.1) is 11.4 Å². The number of rotatable bonds is 10. The van der Waals surface area contributed by atoms with E-state index in [0.717, 1.165) is 22.7 Å². The van der Waals surface area contributed by atoms with Gasteiger partial charge >= 0.3 is 0 Å². The van der Waals surface area contributed by atoms with E-state index in [-0.39, 0.29) is 17.3 Å². The first-order valence-corrected chi connectivity index (χ1v) is 23.7. The van der Waals surface area contributed by atoms with Gasteiger partial charge in [-0.2, -0.15) is 0 Å². The van der Waals surface area contributed by atoms with Crippen LogP contribution in [0.1, 0.15) is 88.1 Å². The van der Waals surface area contributed by atoms with Crippen LogP contribution in [0, 0.1) is 13.8 Å². The molecule has 0 amide bonds. The van der Waals surface area contributed by atoms with E-state index < -0.39 is 0 Å². The highest BCUT2D eigenvalue weighted by Crippen LogP contribution is 2.53. The van der Waals surface area contributed by atoms with E-state index in [9.17, 15) is 0 Å². The fraction of sp³-hybridized carbons (Fsp3) is 0.188. The van der Waals surface area contributed by atoms with Crippen LogP contribution in [0.15, 0.2) is 188 Å². The zero-order valence-electron chi connectivity index (χ0n) is 39.9. The van der Waals surface area contributed by atoms with Gasteiger partial charge in [-0.3, -0.25) is 0 Å². The number of aryl methyl sites for hydroxylation is 2. The minimum atomic E-state index is -0.00191. The molecule has 0 saturated carbocycles. The van der Waals surface area contributed by atoms with Gasteiger partial charge in [0.25, 0.3) is 0 Å². The van der Waals surface area contributed by atoms with Gasteiger partial charge in [-0.1, -0.05) is 206 Å². The SMILES string of the molecule is Cc1ccc(-c2ccccc2)cc1N(c1ccccc1C(C)C)c1cc(N(c2cc(-c3ccccc3)ccc2C)c2ccccc2C(C)C)c2ccc3cc(C(C)(C)C)cc4ccc1c2c43.